The molecule has 0 bridgehead atoms. The number of hydrogen-bond acceptors (Lipinski definition) is 6. The van der Waals surface area contributed by atoms with Gasteiger partial charge in [-0.05, 0) is 108 Å². The zero-order valence-electron chi connectivity index (χ0n) is 26.7. The summed E-state index contributed by atoms with van der Waals surface area (Å²) in [5, 5.41) is 0. The second-order valence-electron chi connectivity index (χ2n) is 12.1. The summed E-state index contributed by atoms with van der Waals surface area (Å²) in [6.07, 6.45) is 7.99. The Kier molecular flexibility index (Phi) is 12.4. The number of methoxy groups -OCH3 is 1. The standard InChI is InChI=1S/C33H51N3O5S/c1-26-23-30(40-7)24-27(2)32(26)42(38,39)36(6)21-22-41-25-31(37)35(5)20-16-29-14-18-33(19-15-29,34(3)4)17-13-28-11-9-8-10-12-28/h8-12,23-24,29H,13-22,25H2,1-7H3. The number of benzene rings is 2. The molecule has 0 radical (unpaired) electrons. The minimum atomic E-state index is -3.70. The maximum absolute atomic E-state index is 13.2. The highest BCUT2D eigenvalue weighted by atomic mass is 32.2. The SMILES string of the molecule is COc1cc(C)c(S(=O)(=O)N(C)CCOCC(=O)N(C)CCC2CCC(CCc3ccccc3)(N(C)C)CC2)c(C)c1. The van der Waals surface area contributed by atoms with Crippen molar-refractivity contribution in [2.24, 2.45) is 5.92 Å². The first-order valence-corrected chi connectivity index (χ1v) is 16.5. The van der Waals surface area contributed by atoms with Gasteiger partial charge < -0.3 is 19.3 Å². The first kappa shape index (κ1) is 34.0. The van der Waals surface area contributed by atoms with E-state index in [4.69, 9.17) is 9.47 Å². The molecule has 1 amide bonds. The molecule has 2 aromatic rings. The van der Waals surface area contributed by atoms with Crippen molar-refractivity contribution in [3.63, 3.8) is 0 Å². The minimum Gasteiger partial charge on any atom is -0.497 e. The van der Waals surface area contributed by atoms with Crippen molar-refractivity contribution in [3.8, 4) is 5.75 Å². The summed E-state index contributed by atoms with van der Waals surface area (Å²) in [7, 11) is 5.65. The molecule has 0 aliphatic heterocycles. The lowest BCUT2D eigenvalue weighted by Crippen LogP contribution is -2.47. The molecule has 42 heavy (non-hydrogen) atoms. The van der Waals surface area contributed by atoms with Crippen molar-refractivity contribution in [2.45, 2.75) is 69.2 Å². The van der Waals surface area contributed by atoms with Gasteiger partial charge in [0.15, 0.2) is 0 Å². The van der Waals surface area contributed by atoms with E-state index in [1.54, 1.807) is 38.0 Å². The van der Waals surface area contributed by atoms with Crippen molar-refractivity contribution in [1.82, 2.24) is 14.1 Å². The lowest BCUT2D eigenvalue weighted by molar-refractivity contribution is -0.135. The second kappa shape index (κ2) is 15.3. The molecule has 0 aromatic heterocycles. The molecule has 2 aromatic carbocycles. The molecule has 0 spiro atoms. The van der Waals surface area contributed by atoms with E-state index in [-0.39, 0.29) is 36.1 Å². The summed E-state index contributed by atoms with van der Waals surface area (Å²) in [5.41, 5.74) is 2.91. The van der Waals surface area contributed by atoms with Gasteiger partial charge in [-0.1, -0.05) is 30.3 Å². The molecule has 1 aliphatic carbocycles. The van der Waals surface area contributed by atoms with E-state index in [1.165, 1.54) is 49.0 Å². The number of aryl methyl sites for hydroxylation is 3. The van der Waals surface area contributed by atoms with E-state index in [9.17, 15) is 13.2 Å². The zero-order valence-corrected chi connectivity index (χ0v) is 27.5. The molecular formula is C33H51N3O5S. The fourth-order valence-corrected chi connectivity index (χ4v) is 7.68. The Balaban J connectivity index is 1.39. The van der Waals surface area contributed by atoms with Crippen LogP contribution in [-0.4, -0.2) is 95.6 Å². The number of sulfonamides is 1. The Labute approximate surface area is 254 Å². The number of rotatable bonds is 15. The van der Waals surface area contributed by atoms with Gasteiger partial charge in [-0.2, -0.15) is 4.31 Å². The smallest absolute Gasteiger partial charge is 0.248 e. The number of carbonyl (C=O) groups excluding carboxylic acids is 1. The Morgan fingerprint density at radius 3 is 2.17 bits per heavy atom. The number of carbonyl (C=O) groups is 1. The largest absolute Gasteiger partial charge is 0.497 e. The normalized spacial score (nSPS) is 19.3. The third-order valence-corrected chi connectivity index (χ3v) is 11.3. The monoisotopic (exact) mass is 601 g/mol. The van der Waals surface area contributed by atoms with Crippen molar-refractivity contribution in [2.75, 3.05) is 61.6 Å². The molecule has 3 rings (SSSR count). The number of amides is 1. The van der Waals surface area contributed by atoms with E-state index in [2.05, 4.69) is 49.3 Å². The zero-order chi connectivity index (χ0) is 30.9. The van der Waals surface area contributed by atoms with Crippen LogP contribution < -0.4 is 4.74 Å². The summed E-state index contributed by atoms with van der Waals surface area (Å²) in [6, 6.07) is 14.2. The predicted octanol–water partition coefficient (Wildman–Crippen LogP) is 4.92. The first-order valence-electron chi connectivity index (χ1n) is 15.0. The lowest BCUT2D eigenvalue weighted by atomic mass is 9.72. The summed E-state index contributed by atoms with van der Waals surface area (Å²) in [4.78, 5) is 17.1. The van der Waals surface area contributed by atoms with Crippen LogP contribution in [0.25, 0.3) is 0 Å². The number of ether oxygens (including phenoxy) is 2. The van der Waals surface area contributed by atoms with Crippen LogP contribution in [-0.2, 0) is 26.0 Å². The molecule has 8 nitrogen and oxygen atoms in total. The van der Waals surface area contributed by atoms with Gasteiger partial charge in [-0.3, -0.25) is 4.79 Å². The molecule has 1 aliphatic rings. The first-order chi connectivity index (χ1) is 19.9. The van der Waals surface area contributed by atoms with Crippen LogP contribution in [0.4, 0.5) is 0 Å². The Hall–Kier alpha value is -2.46. The van der Waals surface area contributed by atoms with Crippen LogP contribution in [0.5, 0.6) is 5.75 Å². The topological polar surface area (TPSA) is 79.4 Å². The van der Waals surface area contributed by atoms with Gasteiger partial charge in [0.05, 0.1) is 18.6 Å². The van der Waals surface area contributed by atoms with Gasteiger partial charge >= 0.3 is 0 Å². The molecule has 0 saturated heterocycles. The van der Waals surface area contributed by atoms with Crippen LogP contribution in [0.15, 0.2) is 47.4 Å². The number of nitrogens with zero attached hydrogens (tertiary/aromatic N) is 3. The van der Waals surface area contributed by atoms with Crippen LogP contribution in [0, 0.1) is 19.8 Å². The highest BCUT2D eigenvalue weighted by Gasteiger charge is 2.36. The van der Waals surface area contributed by atoms with Gasteiger partial charge in [-0.25, -0.2) is 8.42 Å². The number of hydrogen-bond donors (Lipinski definition) is 0. The molecule has 0 N–H and O–H groups in total. The number of likely N-dealkylation sites (N-methyl/N-ethyl adjacent to an activating group) is 2. The van der Waals surface area contributed by atoms with Crippen LogP contribution in [0.1, 0.15) is 55.2 Å². The quantitative estimate of drug-likeness (QED) is 0.270. The van der Waals surface area contributed by atoms with Gasteiger partial charge in [0.2, 0.25) is 15.9 Å². The average molecular weight is 602 g/mol. The van der Waals surface area contributed by atoms with Crippen LogP contribution >= 0.6 is 0 Å². The van der Waals surface area contributed by atoms with E-state index in [0.29, 0.717) is 29.3 Å². The van der Waals surface area contributed by atoms with E-state index in [1.807, 2.05) is 7.05 Å². The van der Waals surface area contributed by atoms with Gasteiger partial charge in [0.1, 0.15) is 12.4 Å². The highest BCUT2D eigenvalue weighted by Crippen LogP contribution is 2.39. The lowest BCUT2D eigenvalue weighted by Gasteiger charge is -2.45. The molecule has 1 saturated carbocycles. The third-order valence-electron chi connectivity index (χ3n) is 9.12. The van der Waals surface area contributed by atoms with E-state index in [0.717, 1.165) is 12.8 Å². The van der Waals surface area contributed by atoms with Crippen molar-refractivity contribution in [1.29, 1.82) is 0 Å². The summed E-state index contributed by atoms with van der Waals surface area (Å²) in [5.74, 6) is 1.17. The fraction of sp³-hybridized carbons (Fsp3) is 0.606. The predicted molar refractivity (Wildman–Crippen MR) is 168 cm³/mol. The maximum atomic E-state index is 13.2. The Bertz CT molecular complexity index is 1230. The molecule has 9 heteroatoms. The molecule has 234 valence electrons. The minimum absolute atomic E-state index is 0.0567. The van der Waals surface area contributed by atoms with Gasteiger partial charge in [-0.15, -0.1) is 0 Å². The second-order valence-corrected chi connectivity index (χ2v) is 14.1. The molecular weight excluding hydrogens is 550 g/mol. The van der Waals surface area contributed by atoms with E-state index >= 15 is 0 Å². The molecule has 0 unspecified atom stereocenters. The average Bonchev–Trinajstić information content (AvgIpc) is 2.97. The Morgan fingerprint density at radius 1 is 0.976 bits per heavy atom. The van der Waals surface area contributed by atoms with Crippen LogP contribution in [0.2, 0.25) is 0 Å². The summed E-state index contributed by atoms with van der Waals surface area (Å²) in [6.45, 7) is 4.47. The Morgan fingerprint density at radius 2 is 1.60 bits per heavy atom. The van der Waals surface area contributed by atoms with Crippen molar-refractivity contribution in [3.05, 3.63) is 59.2 Å². The van der Waals surface area contributed by atoms with Crippen molar-refractivity contribution >= 4 is 15.9 Å². The van der Waals surface area contributed by atoms with E-state index < -0.39 is 10.0 Å². The molecule has 0 atom stereocenters. The van der Waals surface area contributed by atoms with Crippen molar-refractivity contribution < 1.29 is 22.7 Å². The molecule has 1 fully saturated rings. The summed E-state index contributed by atoms with van der Waals surface area (Å²) >= 11 is 0. The highest BCUT2D eigenvalue weighted by molar-refractivity contribution is 7.89. The maximum Gasteiger partial charge on any atom is 0.248 e. The molecule has 0 heterocycles. The third kappa shape index (κ3) is 8.78. The van der Waals surface area contributed by atoms with Crippen LogP contribution in [0.3, 0.4) is 0 Å². The summed E-state index contributed by atoms with van der Waals surface area (Å²) < 4.78 is 38.5. The van der Waals surface area contributed by atoms with Gasteiger partial charge in [0.25, 0.3) is 0 Å². The fourth-order valence-electron chi connectivity index (χ4n) is 6.12. The van der Waals surface area contributed by atoms with Gasteiger partial charge in [0, 0.05) is 32.7 Å².